The normalized spacial score (nSPS) is 27.8. The average molecular weight is 243 g/mol. The van der Waals surface area contributed by atoms with Crippen LogP contribution in [0.2, 0.25) is 0 Å². The number of aliphatic carboxylic acids is 1. The summed E-state index contributed by atoms with van der Waals surface area (Å²) in [6.07, 6.45) is 5.56. The summed E-state index contributed by atoms with van der Waals surface area (Å²) in [6, 6.07) is 0.229. The number of aliphatic hydroxyl groups excluding tert-OH is 1. The summed E-state index contributed by atoms with van der Waals surface area (Å²) in [5.74, 6) is -0.804. The van der Waals surface area contributed by atoms with Gasteiger partial charge in [0, 0.05) is 12.1 Å². The van der Waals surface area contributed by atoms with Gasteiger partial charge in [0.2, 0.25) is 0 Å². The first-order chi connectivity index (χ1) is 8.06. The fourth-order valence-corrected chi connectivity index (χ4v) is 2.65. The van der Waals surface area contributed by atoms with Crippen molar-refractivity contribution < 1.29 is 15.0 Å². The average Bonchev–Trinajstić information content (AvgIpc) is 2.49. The lowest BCUT2D eigenvalue weighted by Crippen LogP contribution is -2.49. The van der Waals surface area contributed by atoms with E-state index in [0.717, 1.165) is 38.5 Å². The van der Waals surface area contributed by atoms with Gasteiger partial charge in [0.15, 0.2) is 0 Å². The van der Waals surface area contributed by atoms with Crippen molar-refractivity contribution in [1.29, 1.82) is 0 Å². The summed E-state index contributed by atoms with van der Waals surface area (Å²) >= 11 is 0. The van der Waals surface area contributed by atoms with Crippen molar-refractivity contribution in [2.24, 2.45) is 0 Å². The van der Waals surface area contributed by atoms with Gasteiger partial charge in [-0.25, -0.2) is 0 Å². The molecule has 17 heavy (non-hydrogen) atoms. The van der Waals surface area contributed by atoms with E-state index in [4.69, 9.17) is 5.11 Å². The Bertz CT molecular complexity index is 245. The molecule has 4 nitrogen and oxygen atoms in total. The van der Waals surface area contributed by atoms with Crippen LogP contribution in [0.25, 0.3) is 0 Å². The van der Waals surface area contributed by atoms with Crippen molar-refractivity contribution in [3.63, 3.8) is 0 Å². The minimum Gasteiger partial charge on any atom is -0.480 e. The molecule has 2 N–H and O–H groups in total. The van der Waals surface area contributed by atoms with E-state index in [1.165, 1.54) is 0 Å². The number of hydrogen-bond donors (Lipinski definition) is 2. The first kappa shape index (κ1) is 14.5. The smallest absolute Gasteiger partial charge is 0.317 e. The van der Waals surface area contributed by atoms with Gasteiger partial charge in [0.25, 0.3) is 0 Å². The lowest BCUT2D eigenvalue weighted by atomic mass is 10.0. The van der Waals surface area contributed by atoms with Crippen molar-refractivity contribution in [2.75, 3.05) is 6.54 Å². The standard InChI is InChI=1S/C13H25NO3/c1-3-10(2)14(9-13(16)17)11-7-5-4-6-8-12(11)15/h10-12,15H,3-9H2,1-2H3,(H,16,17). The van der Waals surface area contributed by atoms with E-state index in [1.807, 2.05) is 11.8 Å². The van der Waals surface area contributed by atoms with Crippen LogP contribution in [-0.2, 0) is 4.79 Å². The zero-order chi connectivity index (χ0) is 12.8. The fourth-order valence-electron chi connectivity index (χ4n) is 2.65. The van der Waals surface area contributed by atoms with E-state index in [9.17, 15) is 9.90 Å². The Hall–Kier alpha value is -0.610. The highest BCUT2D eigenvalue weighted by molar-refractivity contribution is 5.69. The van der Waals surface area contributed by atoms with E-state index >= 15 is 0 Å². The molecular weight excluding hydrogens is 218 g/mol. The monoisotopic (exact) mass is 243 g/mol. The van der Waals surface area contributed by atoms with Gasteiger partial charge in [-0.2, -0.15) is 0 Å². The van der Waals surface area contributed by atoms with Gasteiger partial charge in [0.05, 0.1) is 12.6 Å². The van der Waals surface area contributed by atoms with Gasteiger partial charge in [-0.3, -0.25) is 9.69 Å². The molecule has 0 spiro atoms. The molecule has 0 aromatic heterocycles. The summed E-state index contributed by atoms with van der Waals surface area (Å²) in [5, 5.41) is 19.1. The third kappa shape index (κ3) is 4.28. The molecule has 0 aliphatic heterocycles. The molecule has 4 heteroatoms. The second kappa shape index (κ2) is 6.97. The minimum atomic E-state index is -0.804. The third-order valence-corrected chi connectivity index (χ3v) is 3.84. The molecule has 1 rings (SSSR count). The summed E-state index contributed by atoms with van der Waals surface area (Å²) in [5.41, 5.74) is 0. The summed E-state index contributed by atoms with van der Waals surface area (Å²) in [6.45, 7) is 4.14. The second-order valence-corrected chi connectivity index (χ2v) is 5.10. The summed E-state index contributed by atoms with van der Waals surface area (Å²) in [7, 11) is 0. The number of carbonyl (C=O) groups is 1. The van der Waals surface area contributed by atoms with E-state index in [2.05, 4.69) is 6.92 Å². The lowest BCUT2D eigenvalue weighted by molar-refractivity contribution is -0.140. The Morgan fingerprint density at radius 1 is 1.35 bits per heavy atom. The number of hydrogen-bond acceptors (Lipinski definition) is 3. The number of nitrogens with zero attached hydrogens (tertiary/aromatic N) is 1. The van der Waals surface area contributed by atoms with Crippen LogP contribution < -0.4 is 0 Å². The number of carboxylic acid groups (broad SMARTS) is 1. The largest absolute Gasteiger partial charge is 0.480 e. The molecule has 1 saturated carbocycles. The van der Waals surface area contributed by atoms with Crippen LogP contribution in [0.1, 0.15) is 52.4 Å². The van der Waals surface area contributed by atoms with E-state index in [-0.39, 0.29) is 24.7 Å². The van der Waals surface area contributed by atoms with Gasteiger partial charge >= 0.3 is 5.97 Å². The van der Waals surface area contributed by atoms with Gasteiger partial charge in [-0.15, -0.1) is 0 Å². The van der Waals surface area contributed by atoms with Crippen LogP contribution in [0.4, 0.5) is 0 Å². The predicted octanol–water partition coefficient (Wildman–Crippen LogP) is 1.87. The first-order valence-corrected chi connectivity index (χ1v) is 6.71. The minimum absolute atomic E-state index is 0.0172. The Morgan fingerprint density at radius 3 is 2.59 bits per heavy atom. The highest BCUT2D eigenvalue weighted by atomic mass is 16.4. The fraction of sp³-hybridized carbons (Fsp3) is 0.923. The van der Waals surface area contributed by atoms with Gasteiger partial charge < -0.3 is 10.2 Å². The second-order valence-electron chi connectivity index (χ2n) is 5.10. The van der Waals surface area contributed by atoms with E-state index in [0.29, 0.717) is 0 Å². The van der Waals surface area contributed by atoms with Crippen molar-refractivity contribution in [3.8, 4) is 0 Å². The molecule has 1 fully saturated rings. The molecule has 3 atom stereocenters. The van der Waals surface area contributed by atoms with Crippen molar-refractivity contribution >= 4 is 5.97 Å². The topological polar surface area (TPSA) is 60.8 Å². The quantitative estimate of drug-likeness (QED) is 0.724. The van der Waals surface area contributed by atoms with Crippen molar-refractivity contribution in [2.45, 2.75) is 70.6 Å². The molecule has 0 aromatic rings. The molecular formula is C13H25NO3. The molecule has 100 valence electrons. The maximum Gasteiger partial charge on any atom is 0.317 e. The molecule has 0 aromatic carbocycles. The summed E-state index contributed by atoms with van der Waals surface area (Å²) in [4.78, 5) is 12.9. The number of rotatable bonds is 5. The van der Waals surface area contributed by atoms with Crippen molar-refractivity contribution in [3.05, 3.63) is 0 Å². The zero-order valence-corrected chi connectivity index (χ0v) is 10.9. The summed E-state index contributed by atoms with van der Waals surface area (Å²) < 4.78 is 0. The molecule has 0 radical (unpaired) electrons. The van der Waals surface area contributed by atoms with Gasteiger partial charge in [-0.1, -0.05) is 26.2 Å². The Balaban J connectivity index is 2.74. The Kier molecular flexibility index (Phi) is 5.92. The molecule has 0 amide bonds. The molecule has 0 bridgehead atoms. The van der Waals surface area contributed by atoms with Gasteiger partial charge in [-0.05, 0) is 26.2 Å². The molecule has 1 aliphatic rings. The highest BCUT2D eigenvalue weighted by Gasteiger charge is 2.31. The number of aliphatic hydroxyl groups is 1. The molecule has 0 heterocycles. The predicted molar refractivity (Wildman–Crippen MR) is 67.0 cm³/mol. The van der Waals surface area contributed by atoms with Gasteiger partial charge in [0.1, 0.15) is 0 Å². The van der Waals surface area contributed by atoms with Crippen LogP contribution in [0.15, 0.2) is 0 Å². The molecule has 3 unspecified atom stereocenters. The first-order valence-electron chi connectivity index (χ1n) is 6.71. The van der Waals surface area contributed by atoms with Crippen LogP contribution in [0.5, 0.6) is 0 Å². The Morgan fingerprint density at radius 2 is 2.00 bits per heavy atom. The highest BCUT2D eigenvalue weighted by Crippen LogP contribution is 2.24. The zero-order valence-electron chi connectivity index (χ0n) is 10.9. The van der Waals surface area contributed by atoms with Crippen molar-refractivity contribution in [1.82, 2.24) is 4.90 Å². The maximum atomic E-state index is 10.9. The van der Waals surface area contributed by atoms with Crippen LogP contribution in [0, 0.1) is 0 Å². The van der Waals surface area contributed by atoms with Crippen LogP contribution in [-0.4, -0.2) is 45.8 Å². The lowest BCUT2D eigenvalue weighted by Gasteiger charge is -2.37. The number of carboxylic acids is 1. The SMILES string of the molecule is CCC(C)N(CC(=O)O)C1CCCCCC1O. The molecule has 0 saturated heterocycles. The third-order valence-electron chi connectivity index (χ3n) is 3.84. The maximum absolute atomic E-state index is 10.9. The van der Waals surface area contributed by atoms with Crippen LogP contribution in [0.3, 0.4) is 0 Å². The molecule has 1 aliphatic carbocycles. The van der Waals surface area contributed by atoms with E-state index in [1.54, 1.807) is 0 Å². The Labute approximate surface area is 104 Å². The van der Waals surface area contributed by atoms with Crippen LogP contribution >= 0.6 is 0 Å². The van der Waals surface area contributed by atoms with E-state index < -0.39 is 5.97 Å².